The van der Waals surface area contributed by atoms with Crippen molar-refractivity contribution in [2.45, 2.75) is 52.9 Å². The Morgan fingerprint density at radius 1 is 1.30 bits per heavy atom. The molecule has 5 heteroatoms. The van der Waals surface area contributed by atoms with Gasteiger partial charge in [0.2, 0.25) is 0 Å². The molecule has 1 unspecified atom stereocenters. The van der Waals surface area contributed by atoms with Crippen LogP contribution >= 0.6 is 0 Å². The maximum Gasteiger partial charge on any atom is 0.317 e. The van der Waals surface area contributed by atoms with Crippen LogP contribution in [0.3, 0.4) is 0 Å². The summed E-state index contributed by atoms with van der Waals surface area (Å²) in [4.78, 5) is 25.3. The SMILES string of the molecule is CCCC1(C(=O)O)CCN(C(=O)NCC(C)CC)CC1. The van der Waals surface area contributed by atoms with E-state index < -0.39 is 11.4 Å². The van der Waals surface area contributed by atoms with E-state index in [0.29, 0.717) is 44.8 Å². The van der Waals surface area contributed by atoms with Gasteiger partial charge >= 0.3 is 12.0 Å². The van der Waals surface area contributed by atoms with E-state index in [-0.39, 0.29) is 6.03 Å². The highest BCUT2D eigenvalue weighted by atomic mass is 16.4. The third-order valence-corrected chi connectivity index (χ3v) is 4.49. The average Bonchev–Trinajstić information content (AvgIpc) is 2.45. The van der Waals surface area contributed by atoms with Crippen LogP contribution in [-0.2, 0) is 4.79 Å². The molecule has 1 aliphatic rings. The van der Waals surface area contributed by atoms with Crippen molar-refractivity contribution in [1.82, 2.24) is 10.2 Å². The van der Waals surface area contributed by atoms with E-state index >= 15 is 0 Å². The Kier molecular flexibility index (Phi) is 6.30. The molecular formula is C15H28N2O3. The van der Waals surface area contributed by atoms with Crippen molar-refractivity contribution in [3.05, 3.63) is 0 Å². The molecule has 0 bridgehead atoms. The summed E-state index contributed by atoms with van der Waals surface area (Å²) in [6.07, 6.45) is 3.73. The van der Waals surface area contributed by atoms with Gasteiger partial charge < -0.3 is 15.3 Å². The molecule has 0 aromatic heterocycles. The fraction of sp³-hybridized carbons (Fsp3) is 0.867. The number of nitrogens with zero attached hydrogens (tertiary/aromatic N) is 1. The molecule has 20 heavy (non-hydrogen) atoms. The van der Waals surface area contributed by atoms with Gasteiger partial charge in [-0.05, 0) is 25.2 Å². The molecule has 116 valence electrons. The number of carboxylic acid groups (broad SMARTS) is 1. The van der Waals surface area contributed by atoms with Crippen LogP contribution in [0.25, 0.3) is 0 Å². The van der Waals surface area contributed by atoms with Crippen LogP contribution in [0, 0.1) is 11.3 Å². The Morgan fingerprint density at radius 2 is 1.90 bits per heavy atom. The van der Waals surface area contributed by atoms with Crippen LogP contribution in [0.15, 0.2) is 0 Å². The van der Waals surface area contributed by atoms with Crippen LogP contribution in [-0.4, -0.2) is 41.6 Å². The van der Waals surface area contributed by atoms with Crippen LogP contribution in [0.1, 0.15) is 52.9 Å². The minimum atomic E-state index is -0.709. The zero-order valence-corrected chi connectivity index (χ0v) is 12.9. The van der Waals surface area contributed by atoms with Crippen molar-refractivity contribution in [2.75, 3.05) is 19.6 Å². The Balaban J connectivity index is 2.48. The second kappa shape index (κ2) is 7.50. The van der Waals surface area contributed by atoms with Crippen LogP contribution in [0.2, 0.25) is 0 Å². The fourth-order valence-electron chi connectivity index (χ4n) is 2.70. The maximum atomic E-state index is 12.0. The second-order valence-corrected chi connectivity index (χ2v) is 6.02. The second-order valence-electron chi connectivity index (χ2n) is 6.02. The molecule has 1 fully saturated rings. The van der Waals surface area contributed by atoms with Gasteiger partial charge in [0.15, 0.2) is 0 Å². The zero-order chi connectivity index (χ0) is 15.2. The molecule has 0 aromatic carbocycles. The molecule has 0 aromatic rings. The van der Waals surface area contributed by atoms with Gasteiger partial charge in [-0.15, -0.1) is 0 Å². The summed E-state index contributed by atoms with van der Waals surface area (Å²) in [6, 6.07) is -0.0548. The number of carbonyl (C=O) groups is 2. The van der Waals surface area contributed by atoms with Gasteiger partial charge in [-0.25, -0.2) is 4.79 Å². The van der Waals surface area contributed by atoms with E-state index in [1.165, 1.54) is 0 Å². The Morgan fingerprint density at radius 3 is 2.35 bits per heavy atom. The third-order valence-electron chi connectivity index (χ3n) is 4.49. The molecule has 1 heterocycles. The summed E-state index contributed by atoms with van der Waals surface area (Å²) in [5.74, 6) is -0.235. The predicted octanol–water partition coefficient (Wildman–Crippen LogP) is 2.71. The van der Waals surface area contributed by atoms with Gasteiger partial charge in [0.1, 0.15) is 0 Å². The van der Waals surface area contributed by atoms with Crippen molar-refractivity contribution in [3.63, 3.8) is 0 Å². The lowest BCUT2D eigenvalue weighted by molar-refractivity contribution is -0.152. The Bertz CT molecular complexity index is 336. The van der Waals surface area contributed by atoms with Crippen molar-refractivity contribution in [2.24, 2.45) is 11.3 Å². The standard InChI is InChI=1S/C15H28N2O3/c1-4-6-15(13(18)19)7-9-17(10-8-15)14(20)16-11-12(3)5-2/h12H,4-11H2,1-3H3,(H,16,20)(H,18,19). The lowest BCUT2D eigenvalue weighted by Gasteiger charge is -2.38. The van der Waals surface area contributed by atoms with Crippen molar-refractivity contribution >= 4 is 12.0 Å². The van der Waals surface area contributed by atoms with Crippen LogP contribution in [0.5, 0.6) is 0 Å². The van der Waals surface area contributed by atoms with Gasteiger partial charge in [-0.3, -0.25) is 4.79 Å². The molecule has 1 saturated heterocycles. The molecule has 0 spiro atoms. The number of rotatable bonds is 6. The summed E-state index contributed by atoms with van der Waals surface area (Å²) in [7, 11) is 0. The summed E-state index contributed by atoms with van der Waals surface area (Å²) in [5.41, 5.74) is -0.623. The van der Waals surface area contributed by atoms with Gasteiger partial charge in [0, 0.05) is 19.6 Å². The van der Waals surface area contributed by atoms with Gasteiger partial charge in [0.05, 0.1) is 5.41 Å². The summed E-state index contributed by atoms with van der Waals surface area (Å²) in [6.45, 7) is 7.98. The van der Waals surface area contributed by atoms with Crippen molar-refractivity contribution in [3.8, 4) is 0 Å². The fourth-order valence-corrected chi connectivity index (χ4v) is 2.70. The molecular weight excluding hydrogens is 256 g/mol. The minimum Gasteiger partial charge on any atom is -0.481 e. The highest BCUT2D eigenvalue weighted by molar-refractivity contribution is 5.77. The highest BCUT2D eigenvalue weighted by Crippen LogP contribution is 2.36. The third kappa shape index (κ3) is 4.12. The van der Waals surface area contributed by atoms with E-state index in [0.717, 1.165) is 12.8 Å². The maximum absolute atomic E-state index is 12.0. The zero-order valence-electron chi connectivity index (χ0n) is 12.9. The summed E-state index contributed by atoms with van der Waals surface area (Å²) in [5, 5.41) is 12.4. The molecule has 2 N–H and O–H groups in total. The Hall–Kier alpha value is -1.26. The number of likely N-dealkylation sites (tertiary alicyclic amines) is 1. The molecule has 1 atom stereocenters. The number of hydrogen-bond acceptors (Lipinski definition) is 2. The minimum absolute atomic E-state index is 0.0548. The van der Waals surface area contributed by atoms with Crippen molar-refractivity contribution in [1.29, 1.82) is 0 Å². The lowest BCUT2D eigenvalue weighted by atomic mass is 9.75. The molecule has 1 rings (SSSR count). The Labute approximate surface area is 121 Å². The molecule has 1 aliphatic heterocycles. The number of amides is 2. The normalized spacial score (nSPS) is 19.4. The topological polar surface area (TPSA) is 69.6 Å². The molecule has 0 aliphatic carbocycles. The number of piperidine rings is 1. The number of urea groups is 1. The monoisotopic (exact) mass is 284 g/mol. The number of carboxylic acids is 1. The van der Waals surface area contributed by atoms with E-state index in [2.05, 4.69) is 19.2 Å². The number of carbonyl (C=O) groups excluding carboxylic acids is 1. The van der Waals surface area contributed by atoms with Gasteiger partial charge in [-0.1, -0.05) is 33.6 Å². The molecule has 0 radical (unpaired) electrons. The first-order valence-corrected chi connectivity index (χ1v) is 7.71. The number of nitrogens with one attached hydrogen (secondary N) is 1. The molecule has 2 amide bonds. The van der Waals surface area contributed by atoms with Crippen LogP contribution in [0.4, 0.5) is 4.79 Å². The average molecular weight is 284 g/mol. The lowest BCUT2D eigenvalue weighted by Crippen LogP contribution is -2.50. The number of hydrogen-bond donors (Lipinski definition) is 2. The number of aliphatic carboxylic acids is 1. The van der Waals surface area contributed by atoms with E-state index in [1.807, 2.05) is 6.92 Å². The largest absolute Gasteiger partial charge is 0.481 e. The summed E-state index contributed by atoms with van der Waals surface area (Å²) >= 11 is 0. The quantitative estimate of drug-likeness (QED) is 0.788. The molecule has 0 saturated carbocycles. The van der Waals surface area contributed by atoms with Gasteiger partial charge in [-0.2, -0.15) is 0 Å². The smallest absolute Gasteiger partial charge is 0.317 e. The van der Waals surface area contributed by atoms with Gasteiger partial charge in [0.25, 0.3) is 0 Å². The molecule has 5 nitrogen and oxygen atoms in total. The first kappa shape index (κ1) is 16.8. The van der Waals surface area contributed by atoms with E-state index in [4.69, 9.17) is 0 Å². The summed E-state index contributed by atoms with van der Waals surface area (Å²) < 4.78 is 0. The predicted molar refractivity (Wildman–Crippen MR) is 78.6 cm³/mol. The first-order valence-electron chi connectivity index (χ1n) is 7.71. The van der Waals surface area contributed by atoms with E-state index in [9.17, 15) is 14.7 Å². The van der Waals surface area contributed by atoms with E-state index in [1.54, 1.807) is 4.90 Å². The van der Waals surface area contributed by atoms with Crippen molar-refractivity contribution < 1.29 is 14.7 Å². The first-order chi connectivity index (χ1) is 9.45. The highest BCUT2D eigenvalue weighted by Gasteiger charge is 2.41. The van der Waals surface area contributed by atoms with Crippen LogP contribution < -0.4 is 5.32 Å².